The van der Waals surface area contributed by atoms with E-state index < -0.39 is 0 Å². The SMILES string of the molecule is Cc1nc2c([nH]1)CN(C(=O)[C@H]1[C@@H]3CNC[C@@H](C3)[C@@H]3CCCC(=O)N31)CC2.Cl.Cl. The van der Waals surface area contributed by atoms with Crippen LogP contribution >= 0.6 is 24.8 Å². The zero-order valence-electron chi connectivity index (χ0n) is 16.1. The first-order valence-corrected chi connectivity index (χ1v) is 9.97. The molecule has 4 aliphatic rings. The fraction of sp³-hybridized carbons (Fsp3) is 0.737. The Hall–Kier alpha value is -1.31. The highest BCUT2D eigenvalue weighted by Crippen LogP contribution is 2.40. The number of nitrogens with zero attached hydrogens (tertiary/aromatic N) is 3. The van der Waals surface area contributed by atoms with Gasteiger partial charge in [0.1, 0.15) is 11.9 Å². The molecule has 9 heteroatoms. The smallest absolute Gasteiger partial charge is 0.246 e. The molecule has 0 saturated carbocycles. The third-order valence-corrected chi connectivity index (χ3v) is 6.76. The average Bonchev–Trinajstić information content (AvgIpc) is 3.02. The molecule has 4 aliphatic heterocycles. The Kier molecular flexibility index (Phi) is 6.27. The molecule has 7 nitrogen and oxygen atoms in total. The van der Waals surface area contributed by atoms with Crippen LogP contribution in [0.1, 0.15) is 42.9 Å². The Balaban J connectivity index is 0.00000112. The molecule has 0 aliphatic carbocycles. The number of carbonyl (C=O) groups is 2. The van der Waals surface area contributed by atoms with Gasteiger partial charge in [0.2, 0.25) is 11.8 Å². The van der Waals surface area contributed by atoms with Gasteiger partial charge in [-0.25, -0.2) is 4.98 Å². The summed E-state index contributed by atoms with van der Waals surface area (Å²) in [6.07, 6.45) is 4.46. The molecule has 5 rings (SSSR count). The Morgan fingerprint density at radius 3 is 2.79 bits per heavy atom. The lowest BCUT2D eigenvalue weighted by atomic mass is 9.72. The number of imidazole rings is 1. The third-order valence-electron chi connectivity index (χ3n) is 6.76. The molecule has 2 amide bonds. The minimum Gasteiger partial charge on any atom is -0.344 e. The molecular weight excluding hydrogens is 401 g/mol. The number of fused-ring (bicyclic) bond motifs is 5. The largest absolute Gasteiger partial charge is 0.344 e. The highest BCUT2D eigenvalue weighted by atomic mass is 35.5. The van der Waals surface area contributed by atoms with E-state index in [0.29, 0.717) is 25.4 Å². The zero-order chi connectivity index (χ0) is 17.8. The number of aromatic amines is 1. The molecular formula is C19H29Cl2N5O2. The second-order valence-electron chi connectivity index (χ2n) is 8.38. The summed E-state index contributed by atoms with van der Waals surface area (Å²) in [5, 5.41) is 3.52. The Labute approximate surface area is 177 Å². The first-order chi connectivity index (χ1) is 12.6. The first kappa shape index (κ1) is 21.4. The van der Waals surface area contributed by atoms with Gasteiger partial charge in [-0.05, 0) is 38.6 Å². The summed E-state index contributed by atoms with van der Waals surface area (Å²) in [7, 11) is 0. The lowest BCUT2D eigenvalue weighted by molar-refractivity contribution is -0.162. The standard InChI is InChI=1S/C19H27N5O2.2ClH/c1-11-21-14-5-6-23(10-15(14)22-11)19(26)18-13-7-12(8-20-9-13)16-3-2-4-17(25)24(16)18;;/h12-13,16,18,20H,2-10H2,1H3,(H,21,22);2*1H/t12-,13+,16+,18-;;/m1../s1. The number of nitrogens with one attached hydrogen (secondary N) is 2. The number of aryl methyl sites for hydroxylation is 1. The lowest BCUT2D eigenvalue weighted by Crippen LogP contribution is -2.68. The van der Waals surface area contributed by atoms with E-state index in [1.807, 2.05) is 16.7 Å². The molecule has 1 aromatic heterocycles. The van der Waals surface area contributed by atoms with E-state index in [1.165, 1.54) is 0 Å². The summed E-state index contributed by atoms with van der Waals surface area (Å²) in [6, 6.07) is -0.0496. The van der Waals surface area contributed by atoms with Crippen LogP contribution in [0, 0.1) is 18.8 Å². The molecule has 4 atom stereocenters. The lowest BCUT2D eigenvalue weighted by Gasteiger charge is -2.54. The van der Waals surface area contributed by atoms with Gasteiger partial charge in [0.25, 0.3) is 0 Å². The molecule has 2 bridgehead atoms. The van der Waals surface area contributed by atoms with E-state index in [0.717, 1.165) is 56.0 Å². The highest BCUT2D eigenvalue weighted by Gasteiger charge is 2.51. The van der Waals surface area contributed by atoms with Crippen LogP contribution in [-0.4, -0.2) is 63.3 Å². The Morgan fingerprint density at radius 2 is 1.96 bits per heavy atom. The molecule has 0 unspecified atom stereocenters. The topological polar surface area (TPSA) is 81.3 Å². The maximum Gasteiger partial charge on any atom is 0.246 e. The number of carbonyl (C=O) groups excluding carboxylic acids is 2. The quantitative estimate of drug-likeness (QED) is 0.707. The number of aromatic nitrogens is 2. The summed E-state index contributed by atoms with van der Waals surface area (Å²) in [4.78, 5) is 38.1. The normalized spacial score (nSPS) is 31.2. The maximum atomic E-state index is 13.5. The van der Waals surface area contributed by atoms with Crippen LogP contribution < -0.4 is 5.32 Å². The van der Waals surface area contributed by atoms with Crippen LogP contribution in [0.25, 0.3) is 0 Å². The van der Waals surface area contributed by atoms with E-state index in [2.05, 4.69) is 15.3 Å². The zero-order valence-corrected chi connectivity index (χ0v) is 17.8. The number of amides is 2. The maximum absolute atomic E-state index is 13.5. The molecule has 2 N–H and O–H groups in total. The summed E-state index contributed by atoms with van der Waals surface area (Å²) in [5.74, 6) is 1.98. The molecule has 5 heterocycles. The minimum atomic E-state index is -0.289. The van der Waals surface area contributed by atoms with Crippen LogP contribution in [0.15, 0.2) is 0 Å². The highest BCUT2D eigenvalue weighted by molar-refractivity contribution is 5.89. The Bertz CT molecular complexity index is 755. The number of H-pyrrole nitrogens is 1. The van der Waals surface area contributed by atoms with Gasteiger partial charge < -0.3 is 20.1 Å². The van der Waals surface area contributed by atoms with Crippen molar-refractivity contribution < 1.29 is 9.59 Å². The number of hydrogen-bond donors (Lipinski definition) is 2. The van der Waals surface area contributed by atoms with Crippen LogP contribution in [0.2, 0.25) is 0 Å². The van der Waals surface area contributed by atoms with E-state index >= 15 is 0 Å². The van der Waals surface area contributed by atoms with E-state index in [1.54, 1.807) is 0 Å². The summed E-state index contributed by atoms with van der Waals surface area (Å²) >= 11 is 0. The second-order valence-corrected chi connectivity index (χ2v) is 8.38. The van der Waals surface area contributed by atoms with Crippen molar-refractivity contribution >= 4 is 36.6 Å². The first-order valence-electron chi connectivity index (χ1n) is 9.97. The van der Waals surface area contributed by atoms with Crippen molar-refractivity contribution in [2.45, 2.75) is 57.7 Å². The summed E-state index contributed by atoms with van der Waals surface area (Å²) < 4.78 is 0. The van der Waals surface area contributed by atoms with Gasteiger partial charge in [0.15, 0.2) is 0 Å². The number of hydrogen-bond acceptors (Lipinski definition) is 4. The average molecular weight is 430 g/mol. The van der Waals surface area contributed by atoms with Crippen LogP contribution in [0.5, 0.6) is 0 Å². The molecule has 1 aromatic rings. The monoisotopic (exact) mass is 429 g/mol. The molecule has 0 radical (unpaired) electrons. The van der Waals surface area contributed by atoms with Gasteiger partial charge in [0.05, 0.1) is 17.9 Å². The second kappa shape index (κ2) is 8.20. The van der Waals surface area contributed by atoms with E-state index in [4.69, 9.17) is 0 Å². The fourth-order valence-electron chi connectivity index (χ4n) is 5.64. The van der Waals surface area contributed by atoms with E-state index in [-0.39, 0.29) is 54.6 Å². The summed E-state index contributed by atoms with van der Waals surface area (Å²) in [5.41, 5.74) is 2.14. The van der Waals surface area contributed by atoms with Gasteiger partial charge in [-0.2, -0.15) is 0 Å². The van der Waals surface area contributed by atoms with Crippen molar-refractivity contribution in [3.63, 3.8) is 0 Å². The van der Waals surface area contributed by atoms with Gasteiger partial charge in [0, 0.05) is 37.9 Å². The minimum absolute atomic E-state index is 0. The van der Waals surface area contributed by atoms with Gasteiger partial charge >= 0.3 is 0 Å². The van der Waals surface area contributed by atoms with Gasteiger partial charge in [-0.3, -0.25) is 9.59 Å². The van der Waals surface area contributed by atoms with Crippen molar-refractivity contribution in [1.82, 2.24) is 25.1 Å². The van der Waals surface area contributed by atoms with Crippen molar-refractivity contribution in [2.24, 2.45) is 11.8 Å². The van der Waals surface area contributed by atoms with Crippen molar-refractivity contribution in [1.29, 1.82) is 0 Å². The van der Waals surface area contributed by atoms with Crippen LogP contribution in [-0.2, 0) is 22.6 Å². The van der Waals surface area contributed by atoms with Crippen molar-refractivity contribution in [3.8, 4) is 0 Å². The van der Waals surface area contributed by atoms with Crippen LogP contribution in [0.3, 0.4) is 0 Å². The molecule has 0 spiro atoms. The predicted octanol–water partition coefficient (Wildman–Crippen LogP) is 1.44. The number of piperidine rings is 3. The summed E-state index contributed by atoms with van der Waals surface area (Å²) in [6.45, 7) is 5.05. The number of halogens is 2. The van der Waals surface area contributed by atoms with Gasteiger partial charge in [-0.15, -0.1) is 24.8 Å². The molecule has 3 saturated heterocycles. The molecule has 156 valence electrons. The molecule has 0 aromatic carbocycles. The Morgan fingerprint density at radius 1 is 1.18 bits per heavy atom. The van der Waals surface area contributed by atoms with Crippen LogP contribution in [0.4, 0.5) is 0 Å². The van der Waals surface area contributed by atoms with Crippen molar-refractivity contribution in [2.75, 3.05) is 19.6 Å². The third kappa shape index (κ3) is 3.42. The van der Waals surface area contributed by atoms with Crippen molar-refractivity contribution in [3.05, 3.63) is 17.2 Å². The number of rotatable bonds is 1. The fourth-order valence-corrected chi connectivity index (χ4v) is 5.64. The van der Waals surface area contributed by atoms with E-state index in [9.17, 15) is 9.59 Å². The molecule has 28 heavy (non-hydrogen) atoms. The molecule has 3 fully saturated rings. The predicted molar refractivity (Wildman–Crippen MR) is 110 cm³/mol. The van der Waals surface area contributed by atoms with Gasteiger partial charge in [-0.1, -0.05) is 0 Å².